The summed E-state index contributed by atoms with van der Waals surface area (Å²) in [7, 11) is 1.61. The van der Waals surface area contributed by atoms with Crippen LogP contribution in [-0.2, 0) is 4.74 Å². The van der Waals surface area contributed by atoms with Gasteiger partial charge in [0.1, 0.15) is 11.9 Å². The minimum atomic E-state index is -0.600. The molecule has 0 spiro atoms. The predicted molar refractivity (Wildman–Crippen MR) is 69.5 cm³/mol. The normalized spacial score (nSPS) is 24.4. The molecule has 2 rings (SSSR count). The summed E-state index contributed by atoms with van der Waals surface area (Å²) in [5.41, 5.74) is 6.38. The quantitative estimate of drug-likeness (QED) is 0.804. The van der Waals surface area contributed by atoms with Crippen molar-refractivity contribution in [1.82, 2.24) is 0 Å². The van der Waals surface area contributed by atoms with Gasteiger partial charge in [-0.3, -0.25) is 0 Å². The van der Waals surface area contributed by atoms with E-state index in [1.54, 1.807) is 7.11 Å². The van der Waals surface area contributed by atoms with Crippen LogP contribution in [0.4, 0.5) is 0 Å². The van der Waals surface area contributed by atoms with Crippen molar-refractivity contribution in [2.75, 3.05) is 20.3 Å². The summed E-state index contributed by atoms with van der Waals surface area (Å²) in [6.07, 6.45) is 1.69. The fourth-order valence-electron chi connectivity index (χ4n) is 2.18. The van der Waals surface area contributed by atoms with Gasteiger partial charge in [0, 0.05) is 0 Å². The lowest BCUT2D eigenvalue weighted by Crippen LogP contribution is -2.36. The van der Waals surface area contributed by atoms with Crippen molar-refractivity contribution in [2.24, 2.45) is 11.7 Å². The molecule has 0 aromatic heterocycles. The molecule has 1 aliphatic rings. The molecule has 0 radical (unpaired) electrons. The van der Waals surface area contributed by atoms with Gasteiger partial charge in [-0.15, -0.1) is 0 Å². The van der Waals surface area contributed by atoms with Gasteiger partial charge in [0.15, 0.2) is 0 Å². The molecule has 0 saturated heterocycles. The Kier molecular flexibility index (Phi) is 4.58. The zero-order chi connectivity index (χ0) is 13.0. The second kappa shape index (κ2) is 6.18. The van der Waals surface area contributed by atoms with E-state index in [1.165, 1.54) is 0 Å². The molecule has 1 atom stereocenters. The highest BCUT2D eigenvalue weighted by Crippen LogP contribution is 2.30. The minimum absolute atomic E-state index is 0.263. The molecular weight excluding hydrogens is 230 g/mol. The monoisotopic (exact) mass is 251 g/mol. The van der Waals surface area contributed by atoms with Gasteiger partial charge in [0.25, 0.3) is 0 Å². The van der Waals surface area contributed by atoms with E-state index in [0.717, 1.165) is 30.7 Å². The summed E-state index contributed by atoms with van der Waals surface area (Å²) >= 11 is 0. The van der Waals surface area contributed by atoms with E-state index in [-0.39, 0.29) is 6.10 Å². The molecule has 1 unspecified atom stereocenters. The molecule has 0 bridgehead atoms. The molecule has 3 N–H and O–H groups in total. The van der Waals surface area contributed by atoms with Crippen molar-refractivity contribution in [3.8, 4) is 5.75 Å². The average Bonchev–Trinajstić information content (AvgIpc) is 2.37. The fourth-order valence-corrected chi connectivity index (χ4v) is 2.18. The van der Waals surface area contributed by atoms with Gasteiger partial charge in [-0.1, -0.05) is 12.1 Å². The molecule has 0 heterocycles. The van der Waals surface area contributed by atoms with Crippen LogP contribution in [0.5, 0.6) is 5.75 Å². The molecular formula is C14H21NO3. The maximum Gasteiger partial charge on any atom is 0.119 e. The molecule has 0 amide bonds. The first kappa shape index (κ1) is 13.3. The van der Waals surface area contributed by atoms with Crippen LogP contribution in [0.1, 0.15) is 24.5 Å². The summed E-state index contributed by atoms with van der Waals surface area (Å²) in [6.45, 7) is 1.06. The number of ether oxygens (including phenoxy) is 2. The number of aliphatic hydroxyl groups is 1. The second-order valence-corrected chi connectivity index (χ2v) is 4.82. The number of hydrogen-bond donors (Lipinski definition) is 2. The topological polar surface area (TPSA) is 64.7 Å². The largest absolute Gasteiger partial charge is 0.497 e. The van der Waals surface area contributed by atoms with Crippen molar-refractivity contribution < 1.29 is 14.6 Å². The molecule has 0 aliphatic heterocycles. The van der Waals surface area contributed by atoms with Crippen LogP contribution in [0.25, 0.3) is 0 Å². The smallest absolute Gasteiger partial charge is 0.119 e. The standard InChI is InChI=1S/C14H21NO3/c1-17-12-4-2-3-11(7-12)14(16)9-18-13-5-10(6-13)8-15/h2-4,7,10,13-14,16H,5-6,8-9,15H2,1H3. The van der Waals surface area contributed by atoms with Gasteiger partial charge in [-0.2, -0.15) is 0 Å². The first-order valence-electron chi connectivity index (χ1n) is 6.36. The summed E-state index contributed by atoms with van der Waals surface area (Å²) < 4.78 is 10.8. The zero-order valence-corrected chi connectivity index (χ0v) is 10.7. The van der Waals surface area contributed by atoms with Crippen LogP contribution in [0.15, 0.2) is 24.3 Å². The average molecular weight is 251 g/mol. The van der Waals surface area contributed by atoms with Crippen molar-refractivity contribution in [1.29, 1.82) is 0 Å². The van der Waals surface area contributed by atoms with E-state index < -0.39 is 6.10 Å². The highest BCUT2D eigenvalue weighted by atomic mass is 16.5. The van der Waals surface area contributed by atoms with Gasteiger partial charge in [-0.25, -0.2) is 0 Å². The van der Waals surface area contributed by atoms with Crippen LogP contribution < -0.4 is 10.5 Å². The number of hydrogen-bond acceptors (Lipinski definition) is 4. The molecule has 4 heteroatoms. The van der Waals surface area contributed by atoms with Crippen molar-refractivity contribution in [2.45, 2.75) is 25.0 Å². The first-order valence-corrected chi connectivity index (χ1v) is 6.36. The van der Waals surface area contributed by atoms with Gasteiger partial charge in [-0.05, 0) is 43.0 Å². The van der Waals surface area contributed by atoms with Gasteiger partial charge in [0.05, 0.1) is 19.8 Å². The number of aliphatic hydroxyl groups excluding tert-OH is 1. The number of methoxy groups -OCH3 is 1. The third-order valence-corrected chi connectivity index (χ3v) is 3.49. The maximum absolute atomic E-state index is 10.0. The third kappa shape index (κ3) is 3.22. The van der Waals surface area contributed by atoms with Crippen molar-refractivity contribution in [3.63, 3.8) is 0 Å². The molecule has 1 aromatic carbocycles. The lowest BCUT2D eigenvalue weighted by molar-refractivity contribution is -0.0632. The Hall–Kier alpha value is -1.10. The maximum atomic E-state index is 10.0. The number of rotatable bonds is 6. The van der Waals surface area contributed by atoms with Gasteiger partial charge >= 0.3 is 0 Å². The highest BCUT2D eigenvalue weighted by molar-refractivity contribution is 5.29. The Balaban J connectivity index is 1.79. The molecule has 1 saturated carbocycles. The Morgan fingerprint density at radius 2 is 2.22 bits per heavy atom. The van der Waals surface area contributed by atoms with E-state index in [4.69, 9.17) is 15.2 Å². The number of nitrogens with two attached hydrogens (primary N) is 1. The van der Waals surface area contributed by atoms with E-state index in [9.17, 15) is 5.11 Å². The Morgan fingerprint density at radius 3 is 2.89 bits per heavy atom. The van der Waals surface area contributed by atoms with E-state index in [2.05, 4.69) is 0 Å². The SMILES string of the molecule is COc1cccc(C(O)COC2CC(CN)C2)c1. The summed E-state index contributed by atoms with van der Waals surface area (Å²) in [5.74, 6) is 1.35. The number of benzene rings is 1. The van der Waals surface area contributed by atoms with E-state index in [1.807, 2.05) is 24.3 Å². The van der Waals surface area contributed by atoms with Crippen molar-refractivity contribution >= 4 is 0 Å². The Morgan fingerprint density at radius 1 is 1.44 bits per heavy atom. The molecule has 100 valence electrons. The van der Waals surface area contributed by atoms with Crippen LogP contribution in [0.2, 0.25) is 0 Å². The zero-order valence-electron chi connectivity index (χ0n) is 10.7. The summed E-state index contributed by atoms with van der Waals surface area (Å²) in [6, 6.07) is 7.43. The van der Waals surface area contributed by atoms with Crippen molar-refractivity contribution in [3.05, 3.63) is 29.8 Å². The highest BCUT2D eigenvalue weighted by Gasteiger charge is 2.29. The second-order valence-electron chi connectivity index (χ2n) is 4.82. The van der Waals surface area contributed by atoms with Gasteiger partial charge < -0.3 is 20.3 Å². The van der Waals surface area contributed by atoms with Crippen LogP contribution in [0.3, 0.4) is 0 Å². The molecule has 1 aromatic rings. The third-order valence-electron chi connectivity index (χ3n) is 3.49. The Labute approximate surface area is 108 Å². The molecule has 18 heavy (non-hydrogen) atoms. The lowest BCUT2D eigenvalue weighted by Gasteiger charge is -2.34. The minimum Gasteiger partial charge on any atom is -0.497 e. The summed E-state index contributed by atoms with van der Waals surface area (Å²) in [5, 5.41) is 10.0. The molecule has 1 fully saturated rings. The van der Waals surface area contributed by atoms with E-state index in [0.29, 0.717) is 12.5 Å². The van der Waals surface area contributed by atoms with Crippen LogP contribution >= 0.6 is 0 Å². The molecule has 1 aliphatic carbocycles. The van der Waals surface area contributed by atoms with Crippen LogP contribution in [-0.4, -0.2) is 31.5 Å². The lowest BCUT2D eigenvalue weighted by atomic mass is 9.82. The summed E-state index contributed by atoms with van der Waals surface area (Å²) in [4.78, 5) is 0. The fraction of sp³-hybridized carbons (Fsp3) is 0.571. The van der Waals surface area contributed by atoms with Gasteiger partial charge in [0.2, 0.25) is 0 Å². The predicted octanol–water partition coefficient (Wildman–Crippen LogP) is 1.48. The Bertz CT molecular complexity index is 377. The first-order chi connectivity index (χ1) is 8.72. The molecule has 4 nitrogen and oxygen atoms in total. The van der Waals surface area contributed by atoms with Crippen LogP contribution in [0, 0.1) is 5.92 Å². The van der Waals surface area contributed by atoms with E-state index >= 15 is 0 Å².